The number of nitrogens with two attached hydrogens (primary N) is 1. The molecule has 0 amide bonds. The molecule has 0 saturated carbocycles. The van der Waals surface area contributed by atoms with Crippen molar-refractivity contribution >= 4 is 17.4 Å². The highest BCUT2D eigenvalue weighted by molar-refractivity contribution is 6.30. The number of hydrazine groups is 1. The van der Waals surface area contributed by atoms with E-state index in [0.717, 1.165) is 22.6 Å². The highest BCUT2D eigenvalue weighted by atomic mass is 35.5. The lowest BCUT2D eigenvalue weighted by molar-refractivity contribution is 0.291. The highest BCUT2D eigenvalue weighted by Crippen LogP contribution is 2.27. The molecule has 20 heavy (non-hydrogen) atoms. The van der Waals surface area contributed by atoms with Crippen LogP contribution in [0, 0.1) is 20.8 Å². The van der Waals surface area contributed by atoms with Crippen LogP contribution in [0.5, 0.6) is 5.75 Å². The Hall–Kier alpha value is -1.85. The van der Waals surface area contributed by atoms with Crippen LogP contribution in [0.1, 0.15) is 22.6 Å². The quantitative estimate of drug-likeness (QED) is 0.669. The predicted molar refractivity (Wildman–Crippen MR) is 79.8 cm³/mol. The smallest absolute Gasteiger partial charge is 0.168 e. The van der Waals surface area contributed by atoms with Gasteiger partial charge < -0.3 is 10.2 Å². The zero-order valence-electron chi connectivity index (χ0n) is 11.7. The lowest BCUT2D eigenvalue weighted by atomic mass is 10.1. The SMILES string of the molecule is Cc1cc(NN)nc(COc2c(C)cc(Cl)cc2C)n1. The lowest BCUT2D eigenvalue weighted by Gasteiger charge is -2.12. The van der Waals surface area contributed by atoms with Gasteiger partial charge in [-0.05, 0) is 44.0 Å². The third-order valence-corrected chi connectivity index (χ3v) is 3.04. The van der Waals surface area contributed by atoms with Crippen molar-refractivity contribution in [2.75, 3.05) is 5.43 Å². The molecule has 2 aromatic rings. The molecular weight excluding hydrogens is 276 g/mol. The van der Waals surface area contributed by atoms with E-state index < -0.39 is 0 Å². The highest BCUT2D eigenvalue weighted by Gasteiger charge is 2.08. The molecule has 1 aromatic carbocycles. The van der Waals surface area contributed by atoms with Crippen LogP contribution in [0.2, 0.25) is 5.02 Å². The fraction of sp³-hybridized carbons (Fsp3) is 0.286. The zero-order valence-corrected chi connectivity index (χ0v) is 12.5. The Bertz CT molecular complexity index is 608. The van der Waals surface area contributed by atoms with Crippen LogP contribution in [-0.4, -0.2) is 9.97 Å². The Balaban J connectivity index is 2.19. The van der Waals surface area contributed by atoms with Crippen molar-refractivity contribution in [1.29, 1.82) is 0 Å². The van der Waals surface area contributed by atoms with Crippen molar-refractivity contribution in [2.45, 2.75) is 27.4 Å². The molecule has 1 heterocycles. The van der Waals surface area contributed by atoms with E-state index in [9.17, 15) is 0 Å². The lowest BCUT2D eigenvalue weighted by Crippen LogP contribution is -2.12. The summed E-state index contributed by atoms with van der Waals surface area (Å²) in [7, 11) is 0. The first-order chi connectivity index (χ1) is 9.49. The minimum atomic E-state index is 0.277. The standard InChI is InChI=1S/C14H17ClN4O/c1-8-4-11(15)5-9(2)14(8)20-7-13-17-10(3)6-12(18-13)19-16/h4-6H,7,16H2,1-3H3,(H,17,18,19). The van der Waals surface area contributed by atoms with Gasteiger partial charge in [0.1, 0.15) is 18.2 Å². The minimum absolute atomic E-state index is 0.277. The molecular formula is C14H17ClN4O. The van der Waals surface area contributed by atoms with Crippen LogP contribution in [0.4, 0.5) is 5.82 Å². The van der Waals surface area contributed by atoms with Gasteiger partial charge >= 0.3 is 0 Å². The largest absolute Gasteiger partial charge is 0.485 e. The summed E-state index contributed by atoms with van der Waals surface area (Å²) in [4.78, 5) is 8.56. The first-order valence-corrected chi connectivity index (χ1v) is 6.58. The summed E-state index contributed by atoms with van der Waals surface area (Å²) in [5, 5.41) is 0.703. The van der Waals surface area contributed by atoms with E-state index >= 15 is 0 Å². The van der Waals surface area contributed by atoms with E-state index in [-0.39, 0.29) is 6.61 Å². The van der Waals surface area contributed by atoms with Gasteiger partial charge in [0.25, 0.3) is 0 Å². The maximum atomic E-state index is 6.00. The fourth-order valence-electron chi connectivity index (χ4n) is 2.03. The Labute approximate surface area is 123 Å². The monoisotopic (exact) mass is 292 g/mol. The molecule has 0 radical (unpaired) electrons. The van der Waals surface area contributed by atoms with Crippen molar-refractivity contribution in [3.8, 4) is 5.75 Å². The molecule has 0 saturated heterocycles. The molecule has 0 fully saturated rings. The molecule has 2 rings (SSSR count). The summed E-state index contributed by atoms with van der Waals surface area (Å²) in [5.74, 6) is 7.32. The van der Waals surface area contributed by atoms with Crippen LogP contribution in [0.3, 0.4) is 0 Å². The molecule has 1 aromatic heterocycles. The van der Waals surface area contributed by atoms with Crippen molar-refractivity contribution in [2.24, 2.45) is 5.84 Å². The Morgan fingerprint density at radius 3 is 2.40 bits per heavy atom. The van der Waals surface area contributed by atoms with Gasteiger partial charge in [-0.1, -0.05) is 11.6 Å². The number of nitrogen functional groups attached to an aromatic ring is 1. The molecule has 3 N–H and O–H groups in total. The maximum Gasteiger partial charge on any atom is 0.168 e. The number of benzene rings is 1. The van der Waals surface area contributed by atoms with Crippen molar-refractivity contribution in [3.63, 3.8) is 0 Å². The Morgan fingerprint density at radius 2 is 1.80 bits per heavy atom. The van der Waals surface area contributed by atoms with Gasteiger partial charge in [0.2, 0.25) is 0 Å². The molecule has 0 aliphatic rings. The Morgan fingerprint density at radius 1 is 1.15 bits per heavy atom. The second kappa shape index (κ2) is 6.07. The van der Waals surface area contributed by atoms with Gasteiger partial charge in [-0.25, -0.2) is 15.8 Å². The summed E-state index contributed by atoms with van der Waals surface area (Å²) in [6, 6.07) is 5.50. The molecule has 0 spiro atoms. The fourth-order valence-corrected chi connectivity index (χ4v) is 2.36. The Kier molecular flexibility index (Phi) is 4.42. The van der Waals surface area contributed by atoms with Gasteiger partial charge in [-0.2, -0.15) is 0 Å². The van der Waals surface area contributed by atoms with E-state index in [1.165, 1.54) is 0 Å². The number of aryl methyl sites for hydroxylation is 3. The summed E-state index contributed by atoms with van der Waals surface area (Å²) < 4.78 is 5.81. The van der Waals surface area contributed by atoms with E-state index in [1.807, 2.05) is 32.9 Å². The number of anilines is 1. The molecule has 0 bridgehead atoms. The number of ether oxygens (including phenoxy) is 1. The molecule has 5 nitrogen and oxygen atoms in total. The molecule has 106 valence electrons. The van der Waals surface area contributed by atoms with E-state index in [2.05, 4.69) is 15.4 Å². The average Bonchev–Trinajstić information content (AvgIpc) is 2.36. The number of nitrogens with one attached hydrogen (secondary N) is 1. The number of nitrogens with zero attached hydrogens (tertiary/aromatic N) is 2. The molecule has 0 unspecified atom stereocenters. The third-order valence-electron chi connectivity index (χ3n) is 2.82. The van der Waals surface area contributed by atoms with Crippen LogP contribution in [0.25, 0.3) is 0 Å². The second-order valence-electron chi connectivity index (χ2n) is 4.61. The van der Waals surface area contributed by atoms with Crippen LogP contribution in [0.15, 0.2) is 18.2 Å². The third kappa shape index (κ3) is 3.37. The molecule has 0 aliphatic heterocycles. The topological polar surface area (TPSA) is 73.1 Å². The number of halogens is 1. The summed E-state index contributed by atoms with van der Waals surface area (Å²) >= 11 is 6.00. The first kappa shape index (κ1) is 14.6. The normalized spacial score (nSPS) is 10.4. The van der Waals surface area contributed by atoms with E-state index in [4.69, 9.17) is 22.2 Å². The molecule has 6 heteroatoms. The molecule has 0 aliphatic carbocycles. The number of hydrogen-bond donors (Lipinski definition) is 2. The number of hydrogen-bond acceptors (Lipinski definition) is 5. The maximum absolute atomic E-state index is 6.00. The van der Waals surface area contributed by atoms with Crippen LogP contribution < -0.4 is 16.0 Å². The average molecular weight is 293 g/mol. The van der Waals surface area contributed by atoms with Crippen molar-refractivity contribution < 1.29 is 4.74 Å². The van der Waals surface area contributed by atoms with Gasteiger partial charge in [-0.3, -0.25) is 0 Å². The van der Waals surface area contributed by atoms with E-state index in [1.54, 1.807) is 6.07 Å². The van der Waals surface area contributed by atoms with Crippen molar-refractivity contribution in [3.05, 3.63) is 45.9 Å². The van der Waals surface area contributed by atoms with E-state index in [0.29, 0.717) is 16.7 Å². The van der Waals surface area contributed by atoms with Gasteiger partial charge in [-0.15, -0.1) is 0 Å². The zero-order chi connectivity index (χ0) is 14.7. The minimum Gasteiger partial charge on any atom is -0.485 e. The second-order valence-corrected chi connectivity index (χ2v) is 5.05. The first-order valence-electron chi connectivity index (χ1n) is 6.20. The molecule has 0 atom stereocenters. The predicted octanol–water partition coefficient (Wildman–Crippen LogP) is 2.92. The van der Waals surface area contributed by atoms with Gasteiger partial charge in [0.05, 0.1) is 0 Å². The summed E-state index contributed by atoms with van der Waals surface area (Å²) in [5.41, 5.74) is 5.31. The summed E-state index contributed by atoms with van der Waals surface area (Å²) in [6.07, 6.45) is 0. The van der Waals surface area contributed by atoms with Crippen molar-refractivity contribution in [1.82, 2.24) is 9.97 Å². The number of rotatable bonds is 4. The summed E-state index contributed by atoms with van der Waals surface area (Å²) in [6.45, 7) is 6.07. The number of aromatic nitrogens is 2. The van der Waals surface area contributed by atoms with Crippen LogP contribution >= 0.6 is 11.6 Å². The van der Waals surface area contributed by atoms with Gasteiger partial charge in [0, 0.05) is 16.8 Å². The van der Waals surface area contributed by atoms with Gasteiger partial charge in [0.15, 0.2) is 5.82 Å². The van der Waals surface area contributed by atoms with Crippen LogP contribution in [-0.2, 0) is 6.61 Å².